The van der Waals surface area contributed by atoms with E-state index in [1.807, 2.05) is 32.6 Å². The summed E-state index contributed by atoms with van der Waals surface area (Å²) in [6.45, 7) is 11.9. The number of alkyl halides is 3. The number of nitrogens with zero attached hydrogens (tertiary/aromatic N) is 6. The van der Waals surface area contributed by atoms with Crippen molar-refractivity contribution in [3.63, 3.8) is 0 Å². The molecule has 0 spiro atoms. The lowest BCUT2D eigenvalue weighted by atomic mass is 9.95. The zero-order chi connectivity index (χ0) is 44.7. The van der Waals surface area contributed by atoms with Gasteiger partial charge in [-0.2, -0.15) is 23.1 Å². The average Bonchev–Trinajstić information content (AvgIpc) is 3.86. The highest BCUT2D eigenvalue weighted by atomic mass is 19.4. The third-order valence-electron chi connectivity index (χ3n) is 11.6. The van der Waals surface area contributed by atoms with Crippen LogP contribution in [0.15, 0.2) is 30.3 Å². The van der Waals surface area contributed by atoms with Crippen molar-refractivity contribution in [2.45, 2.75) is 116 Å². The molecule has 0 radical (unpaired) electrons. The van der Waals surface area contributed by atoms with Crippen LogP contribution in [0.2, 0.25) is 0 Å². The lowest BCUT2D eigenvalue weighted by molar-refractivity contribution is -0.144. The zero-order valence-corrected chi connectivity index (χ0v) is 36.1. The fourth-order valence-electron chi connectivity index (χ4n) is 9.17. The molecule has 4 aliphatic rings. The molecule has 3 fully saturated rings. The van der Waals surface area contributed by atoms with Crippen molar-refractivity contribution < 1.29 is 46.1 Å². The van der Waals surface area contributed by atoms with Crippen molar-refractivity contribution in [2.24, 2.45) is 5.41 Å². The molecule has 4 atom stereocenters. The van der Waals surface area contributed by atoms with Crippen LogP contribution in [0.3, 0.4) is 0 Å². The summed E-state index contributed by atoms with van der Waals surface area (Å²) in [6.07, 6.45) is 2.43. The Morgan fingerprint density at radius 2 is 1.76 bits per heavy atom. The van der Waals surface area contributed by atoms with Gasteiger partial charge in [0.15, 0.2) is 5.82 Å². The monoisotopic (exact) mass is 861 g/mol. The van der Waals surface area contributed by atoms with Crippen LogP contribution in [0.25, 0.3) is 32.9 Å². The van der Waals surface area contributed by atoms with Gasteiger partial charge in [-0.05, 0) is 105 Å². The highest BCUT2D eigenvalue weighted by molar-refractivity contribution is 6.06. The highest BCUT2D eigenvalue weighted by Crippen LogP contribution is 2.49. The van der Waals surface area contributed by atoms with E-state index in [1.165, 1.54) is 11.9 Å². The summed E-state index contributed by atoms with van der Waals surface area (Å²) in [5.74, 6) is 2.16. The number of carbonyl (C=O) groups is 2. The van der Waals surface area contributed by atoms with Gasteiger partial charge >= 0.3 is 24.4 Å². The Bertz CT molecular complexity index is 2490. The second-order valence-electron chi connectivity index (χ2n) is 19.1. The van der Waals surface area contributed by atoms with Crippen LogP contribution in [0, 0.1) is 23.6 Å². The molecular formula is C45H51F4N7O6. The maximum atomic E-state index is 17.8. The van der Waals surface area contributed by atoms with Crippen LogP contribution >= 0.6 is 0 Å². The van der Waals surface area contributed by atoms with E-state index in [4.69, 9.17) is 35.3 Å². The molecule has 2 saturated heterocycles. The lowest BCUT2D eigenvalue weighted by Crippen LogP contribution is -2.65. The largest absolute Gasteiger partial charge is 0.472 e. The van der Waals surface area contributed by atoms with Crippen LogP contribution in [0.1, 0.15) is 79.7 Å². The molecule has 1 N–H and O–H groups in total. The molecule has 17 heteroatoms. The summed E-state index contributed by atoms with van der Waals surface area (Å²) in [7, 11) is 1.42. The van der Waals surface area contributed by atoms with Gasteiger partial charge in [-0.15, -0.1) is 6.42 Å². The van der Waals surface area contributed by atoms with Crippen molar-refractivity contribution >= 4 is 45.4 Å². The summed E-state index contributed by atoms with van der Waals surface area (Å²) in [4.78, 5) is 46.2. The molecule has 5 heterocycles. The first-order chi connectivity index (χ1) is 29.0. The van der Waals surface area contributed by atoms with E-state index in [0.717, 1.165) is 0 Å². The molecule has 330 valence electrons. The summed E-state index contributed by atoms with van der Waals surface area (Å²) in [5, 5.41) is 4.01. The maximum absolute atomic E-state index is 17.8. The van der Waals surface area contributed by atoms with Gasteiger partial charge in [-0.3, -0.25) is 15.1 Å². The van der Waals surface area contributed by atoms with Crippen LogP contribution in [0.4, 0.5) is 38.7 Å². The van der Waals surface area contributed by atoms with E-state index in [-0.39, 0.29) is 65.0 Å². The van der Waals surface area contributed by atoms with Gasteiger partial charge in [-0.1, -0.05) is 18.1 Å². The van der Waals surface area contributed by atoms with Gasteiger partial charge in [0.25, 0.3) is 0 Å². The number of hydrogen-bond donors (Lipinski definition) is 1. The topological polar surface area (TPSA) is 131 Å². The predicted octanol–water partition coefficient (Wildman–Crippen LogP) is 8.70. The first kappa shape index (κ1) is 43.0. The average molecular weight is 862 g/mol. The Kier molecular flexibility index (Phi) is 10.6. The Morgan fingerprint density at radius 1 is 1.03 bits per heavy atom. The highest BCUT2D eigenvalue weighted by Gasteiger charge is 2.54. The molecular weight excluding hydrogens is 811 g/mol. The van der Waals surface area contributed by atoms with Gasteiger partial charge in [-0.25, -0.2) is 19.0 Å². The van der Waals surface area contributed by atoms with E-state index in [1.54, 1.807) is 56.0 Å². The number of aromatic nitrogens is 3. The first-order valence-electron chi connectivity index (χ1n) is 20.8. The minimum absolute atomic E-state index is 0.00485. The van der Waals surface area contributed by atoms with E-state index in [0.29, 0.717) is 54.4 Å². The minimum Gasteiger partial charge on any atom is -0.472 e. The number of ether oxygens (including phenoxy) is 4. The van der Waals surface area contributed by atoms with Crippen LogP contribution in [0.5, 0.6) is 11.9 Å². The number of carbonyl (C=O) groups excluding carboxylic acids is 2. The Hall–Kier alpha value is -5.63. The molecule has 2 aromatic heterocycles. The van der Waals surface area contributed by atoms with Crippen molar-refractivity contribution in [3.05, 3.63) is 41.7 Å². The molecule has 13 nitrogen and oxygen atoms in total. The van der Waals surface area contributed by atoms with Gasteiger partial charge in [0.2, 0.25) is 5.88 Å². The van der Waals surface area contributed by atoms with E-state index in [2.05, 4.69) is 16.2 Å². The number of fused-ring (bicyclic) bond motifs is 6. The van der Waals surface area contributed by atoms with E-state index >= 15 is 4.39 Å². The number of benzene rings is 2. The summed E-state index contributed by atoms with van der Waals surface area (Å²) in [5.41, 5.74) is -1.50. The van der Waals surface area contributed by atoms with Crippen molar-refractivity contribution in [3.8, 4) is 35.5 Å². The third-order valence-corrected chi connectivity index (χ3v) is 11.6. The lowest BCUT2D eigenvalue weighted by Gasteiger charge is -2.48. The minimum atomic E-state index is -4.37. The smallest absolute Gasteiger partial charge is 0.412 e. The first-order valence-corrected chi connectivity index (χ1v) is 20.8. The SMILES string of the molecule is C#Cc1cccc2cc(NC(=O)OC(C)(C)C)cc(-c3nc4c5c(nc(OCC6(CN(C)CC(F)(F)F)CC6)nc5c3F)N3C[C@H]5CC[C@@H]([C@H]3[C@H](C)O4)N5C(=O)OC(C)(C)C)c12. The Morgan fingerprint density at radius 3 is 2.42 bits per heavy atom. The molecule has 1 aliphatic carbocycles. The molecule has 3 aliphatic heterocycles. The molecule has 2 amide bonds. The van der Waals surface area contributed by atoms with Crippen molar-refractivity contribution in [2.75, 3.05) is 43.5 Å². The maximum Gasteiger partial charge on any atom is 0.412 e. The van der Waals surface area contributed by atoms with Gasteiger partial charge < -0.3 is 23.8 Å². The molecule has 0 unspecified atom stereocenters. The zero-order valence-electron chi connectivity index (χ0n) is 36.1. The number of anilines is 2. The van der Waals surface area contributed by atoms with Gasteiger partial charge in [0.05, 0.1) is 31.3 Å². The third kappa shape index (κ3) is 8.58. The quantitative estimate of drug-likeness (QED) is 0.135. The number of halogens is 4. The Labute approximate surface area is 357 Å². The summed E-state index contributed by atoms with van der Waals surface area (Å²) < 4.78 is 81.9. The fraction of sp³-hybridized carbons (Fsp3) is 0.533. The second kappa shape index (κ2) is 15.3. The number of hydrogen-bond acceptors (Lipinski definition) is 11. The number of piperazine rings is 1. The molecule has 4 aromatic rings. The fourth-order valence-corrected chi connectivity index (χ4v) is 9.17. The number of rotatable bonds is 8. The summed E-state index contributed by atoms with van der Waals surface area (Å²) in [6, 6.07) is 7.21. The summed E-state index contributed by atoms with van der Waals surface area (Å²) >= 11 is 0. The number of pyridine rings is 1. The van der Waals surface area contributed by atoms with Crippen LogP contribution in [-0.2, 0) is 9.47 Å². The predicted molar refractivity (Wildman–Crippen MR) is 225 cm³/mol. The molecule has 8 rings (SSSR count). The molecule has 62 heavy (non-hydrogen) atoms. The van der Waals surface area contributed by atoms with Crippen molar-refractivity contribution in [1.29, 1.82) is 0 Å². The standard InChI is InChI=1S/C45H51F4N7O6/c1-10-25-12-11-13-26-18-27(50-40(57)61-42(3,4)5)19-29(31(25)26)34-33(46)35-32-37(53-39(52-35)59-23-44(16-17-44)21-54(9)22-45(47,48)49)55-20-28-14-15-30(36(55)24(2)60-38(32)51-34)56(28)41(58)62-43(6,7)8/h1,11-13,18-19,24,28,30,36H,14-17,20-23H2,2-9H3,(H,50,57)/t24-,28+,30-,36+/m0/s1. The van der Waals surface area contributed by atoms with Crippen LogP contribution < -0.4 is 19.7 Å². The second-order valence-corrected chi connectivity index (χ2v) is 19.1. The van der Waals surface area contributed by atoms with E-state index in [9.17, 15) is 22.8 Å². The van der Waals surface area contributed by atoms with E-state index < -0.39 is 59.5 Å². The number of terminal acetylenes is 1. The molecule has 2 aromatic carbocycles. The van der Waals surface area contributed by atoms with Crippen molar-refractivity contribution in [1.82, 2.24) is 24.8 Å². The van der Waals surface area contributed by atoms with Gasteiger partial charge in [0, 0.05) is 40.7 Å². The number of amides is 2. The number of nitrogens with one attached hydrogen (secondary N) is 1. The normalized spacial score (nSPS) is 21.5. The molecule has 1 saturated carbocycles. The molecule has 2 bridgehead atoms. The van der Waals surface area contributed by atoms with Crippen LogP contribution in [-0.4, -0.2) is 112 Å². The Balaban J connectivity index is 1.27. The van der Waals surface area contributed by atoms with Gasteiger partial charge in [0.1, 0.15) is 39.7 Å².